The SMILES string of the molecule is C=N/C=C\C=C(/C)COC(=O)NCc1ccc(C(=O)Nc2ccc(F)cc2N)cc1. The molecule has 0 spiro atoms. The monoisotopic (exact) mass is 410 g/mol. The maximum atomic E-state index is 13.1. The molecule has 0 aliphatic carbocycles. The van der Waals surface area contributed by atoms with Gasteiger partial charge in [0.2, 0.25) is 0 Å². The molecule has 0 aliphatic rings. The summed E-state index contributed by atoms with van der Waals surface area (Å²) in [5.74, 6) is -0.857. The highest BCUT2D eigenvalue weighted by Crippen LogP contribution is 2.20. The fraction of sp³-hybridized carbons (Fsp3) is 0.136. The Morgan fingerprint density at radius 1 is 1.23 bits per heavy atom. The third-order valence-corrected chi connectivity index (χ3v) is 3.92. The van der Waals surface area contributed by atoms with E-state index in [2.05, 4.69) is 22.3 Å². The fourth-order valence-corrected chi connectivity index (χ4v) is 2.34. The number of carbonyl (C=O) groups is 2. The summed E-state index contributed by atoms with van der Waals surface area (Å²) in [5, 5.41) is 5.26. The Morgan fingerprint density at radius 2 is 1.97 bits per heavy atom. The van der Waals surface area contributed by atoms with Crippen molar-refractivity contribution in [3.63, 3.8) is 0 Å². The van der Waals surface area contributed by atoms with E-state index in [4.69, 9.17) is 10.5 Å². The lowest BCUT2D eigenvalue weighted by molar-refractivity contribution is 0.102. The van der Waals surface area contributed by atoms with Crippen LogP contribution in [0.15, 0.2) is 71.4 Å². The first kappa shape index (κ1) is 22.4. The Bertz CT molecular complexity index is 969. The Kier molecular flexibility index (Phi) is 8.31. The van der Waals surface area contributed by atoms with Gasteiger partial charge in [-0.15, -0.1) is 0 Å². The molecule has 2 aromatic carbocycles. The van der Waals surface area contributed by atoms with Gasteiger partial charge in [-0.05, 0) is 61.2 Å². The molecule has 0 fully saturated rings. The van der Waals surface area contributed by atoms with Gasteiger partial charge in [0.25, 0.3) is 5.91 Å². The number of carbonyl (C=O) groups excluding carboxylic acids is 2. The number of allylic oxidation sites excluding steroid dienone is 2. The molecule has 0 aromatic heterocycles. The van der Waals surface area contributed by atoms with Gasteiger partial charge in [-0.25, -0.2) is 9.18 Å². The van der Waals surface area contributed by atoms with Gasteiger partial charge in [0.05, 0.1) is 11.4 Å². The summed E-state index contributed by atoms with van der Waals surface area (Å²) in [6, 6.07) is 10.4. The first-order valence-corrected chi connectivity index (χ1v) is 9.03. The standard InChI is InChI=1S/C22H23FN4O3/c1-15(4-3-11-25-2)14-30-22(29)26-13-16-5-7-17(8-6-16)21(28)27-20-10-9-18(23)12-19(20)24/h3-12H,2,13-14,24H2,1H3,(H,26,29)(H,27,28)/b11-3-,15-4+. The number of halogens is 1. The summed E-state index contributed by atoms with van der Waals surface area (Å²) in [6.07, 6.45) is 4.45. The molecule has 7 nitrogen and oxygen atoms in total. The molecule has 2 amide bonds. The number of alkyl carbamates (subject to hydrolysis) is 1. The number of benzene rings is 2. The predicted molar refractivity (Wildman–Crippen MR) is 116 cm³/mol. The molecule has 156 valence electrons. The van der Waals surface area contributed by atoms with Gasteiger partial charge >= 0.3 is 6.09 Å². The van der Waals surface area contributed by atoms with E-state index in [1.807, 2.05) is 6.92 Å². The van der Waals surface area contributed by atoms with E-state index in [0.29, 0.717) is 11.3 Å². The minimum atomic E-state index is -0.554. The average Bonchev–Trinajstić information content (AvgIpc) is 2.73. The summed E-state index contributed by atoms with van der Waals surface area (Å²) in [4.78, 5) is 27.6. The van der Waals surface area contributed by atoms with Gasteiger partial charge in [-0.2, -0.15) is 0 Å². The van der Waals surface area contributed by atoms with E-state index >= 15 is 0 Å². The zero-order valence-corrected chi connectivity index (χ0v) is 16.5. The highest BCUT2D eigenvalue weighted by Gasteiger charge is 2.09. The van der Waals surface area contributed by atoms with E-state index in [-0.39, 0.29) is 24.7 Å². The number of nitrogens with two attached hydrogens (primary N) is 1. The van der Waals surface area contributed by atoms with Gasteiger partial charge in [0.15, 0.2) is 0 Å². The smallest absolute Gasteiger partial charge is 0.407 e. The maximum Gasteiger partial charge on any atom is 0.407 e. The Morgan fingerprint density at radius 3 is 2.63 bits per heavy atom. The van der Waals surface area contributed by atoms with Crippen molar-refractivity contribution in [1.29, 1.82) is 0 Å². The molecule has 0 bridgehead atoms. The van der Waals surface area contributed by atoms with Crippen LogP contribution in [0.5, 0.6) is 0 Å². The van der Waals surface area contributed by atoms with Crippen LogP contribution in [0.4, 0.5) is 20.6 Å². The van der Waals surface area contributed by atoms with E-state index < -0.39 is 11.9 Å². The largest absolute Gasteiger partial charge is 0.445 e. The number of nitrogens with zero attached hydrogens (tertiary/aromatic N) is 1. The second kappa shape index (κ2) is 11.2. The van der Waals surface area contributed by atoms with Crippen LogP contribution >= 0.6 is 0 Å². The van der Waals surface area contributed by atoms with Gasteiger partial charge in [-0.1, -0.05) is 18.2 Å². The minimum absolute atomic E-state index is 0.140. The third-order valence-electron chi connectivity index (χ3n) is 3.92. The van der Waals surface area contributed by atoms with E-state index in [0.717, 1.165) is 17.2 Å². The predicted octanol–water partition coefficient (Wildman–Crippen LogP) is 4.05. The second-order valence-electron chi connectivity index (χ2n) is 6.35. The van der Waals surface area contributed by atoms with Crippen LogP contribution in [-0.4, -0.2) is 25.3 Å². The normalized spacial score (nSPS) is 11.2. The highest BCUT2D eigenvalue weighted by atomic mass is 19.1. The molecule has 0 atom stereocenters. The molecule has 0 unspecified atom stereocenters. The Balaban J connectivity index is 1.83. The van der Waals surface area contributed by atoms with Crippen molar-refractivity contribution in [2.24, 2.45) is 4.99 Å². The summed E-state index contributed by atoms with van der Waals surface area (Å²) < 4.78 is 18.2. The molecule has 2 aromatic rings. The van der Waals surface area contributed by atoms with Gasteiger partial charge in [-0.3, -0.25) is 9.79 Å². The van der Waals surface area contributed by atoms with Crippen LogP contribution in [0.2, 0.25) is 0 Å². The lowest BCUT2D eigenvalue weighted by atomic mass is 10.1. The minimum Gasteiger partial charge on any atom is -0.445 e. The topological polar surface area (TPSA) is 106 Å². The van der Waals surface area contributed by atoms with Crippen molar-refractivity contribution in [2.45, 2.75) is 13.5 Å². The van der Waals surface area contributed by atoms with Crippen LogP contribution in [0, 0.1) is 5.82 Å². The molecule has 30 heavy (non-hydrogen) atoms. The van der Waals surface area contributed by atoms with Gasteiger partial charge in [0.1, 0.15) is 12.4 Å². The zero-order valence-electron chi connectivity index (χ0n) is 16.5. The van der Waals surface area contributed by atoms with Crippen LogP contribution in [0.1, 0.15) is 22.8 Å². The number of ether oxygens (including phenoxy) is 1. The summed E-state index contributed by atoms with van der Waals surface area (Å²) in [7, 11) is 0. The third kappa shape index (κ3) is 7.23. The first-order valence-electron chi connectivity index (χ1n) is 9.03. The number of hydrogen-bond acceptors (Lipinski definition) is 5. The Hall–Kier alpha value is -3.94. The molecular formula is C22H23FN4O3. The van der Waals surface area contributed by atoms with E-state index in [1.165, 1.54) is 18.3 Å². The van der Waals surface area contributed by atoms with Crippen LogP contribution in [0.3, 0.4) is 0 Å². The van der Waals surface area contributed by atoms with E-state index in [1.54, 1.807) is 36.4 Å². The van der Waals surface area contributed by atoms with Crippen molar-refractivity contribution in [3.8, 4) is 0 Å². The number of anilines is 2. The molecule has 8 heteroatoms. The molecule has 0 radical (unpaired) electrons. The number of nitrogens with one attached hydrogen (secondary N) is 2. The number of hydrogen-bond donors (Lipinski definition) is 3. The van der Waals surface area contributed by atoms with Gasteiger partial charge < -0.3 is 21.1 Å². The average molecular weight is 410 g/mol. The molecular weight excluding hydrogens is 387 g/mol. The highest BCUT2D eigenvalue weighted by molar-refractivity contribution is 6.05. The molecule has 0 heterocycles. The molecule has 4 N–H and O–H groups in total. The molecule has 2 rings (SSSR count). The molecule has 0 aliphatic heterocycles. The first-order chi connectivity index (χ1) is 14.4. The lowest BCUT2D eigenvalue weighted by Gasteiger charge is -2.09. The number of rotatable bonds is 8. The second-order valence-corrected chi connectivity index (χ2v) is 6.35. The number of nitrogen functional groups attached to an aromatic ring is 1. The van der Waals surface area contributed by atoms with Crippen molar-refractivity contribution in [2.75, 3.05) is 17.7 Å². The van der Waals surface area contributed by atoms with Crippen LogP contribution in [-0.2, 0) is 11.3 Å². The lowest BCUT2D eigenvalue weighted by Crippen LogP contribution is -2.24. The van der Waals surface area contributed by atoms with E-state index in [9.17, 15) is 14.0 Å². The van der Waals surface area contributed by atoms with Gasteiger partial charge in [0, 0.05) is 18.3 Å². The van der Waals surface area contributed by atoms with Crippen molar-refractivity contribution in [3.05, 3.63) is 83.3 Å². The summed E-state index contributed by atoms with van der Waals surface area (Å²) in [5.41, 5.74) is 8.20. The van der Waals surface area contributed by atoms with Crippen molar-refractivity contribution in [1.82, 2.24) is 5.32 Å². The number of amides is 2. The quantitative estimate of drug-likeness (QED) is 0.347. The molecule has 0 saturated carbocycles. The summed E-state index contributed by atoms with van der Waals surface area (Å²) in [6.45, 7) is 5.54. The molecule has 0 saturated heterocycles. The summed E-state index contributed by atoms with van der Waals surface area (Å²) >= 11 is 0. The number of aliphatic imine (C=N–C) groups is 1. The van der Waals surface area contributed by atoms with Crippen LogP contribution in [0.25, 0.3) is 0 Å². The van der Waals surface area contributed by atoms with Crippen LogP contribution < -0.4 is 16.4 Å². The Labute approximate surface area is 174 Å². The van der Waals surface area contributed by atoms with Crippen molar-refractivity contribution >= 4 is 30.1 Å². The van der Waals surface area contributed by atoms with Crippen molar-refractivity contribution < 1.29 is 18.7 Å². The maximum absolute atomic E-state index is 13.1. The zero-order chi connectivity index (χ0) is 21.9. The fourth-order valence-electron chi connectivity index (χ4n) is 2.34.